The van der Waals surface area contributed by atoms with Gasteiger partial charge in [0.1, 0.15) is 0 Å². The van der Waals surface area contributed by atoms with Gasteiger partial charge in [-0.1, -0.05) is 32.0 Å². The van der Waals surface area contributed by atoms with Crippen molar-refractivity contribution in [2.75, 3.05) is 16.8 Å². The summed E-state index contributed by atoms with van der Waals surface area (Å²) in [5.74, 6) is -0.546. The number of benzene rings is 2. The Morgan fingerprint density at radius 3 is 2.41 bits per heavy atom. The normalized spacial score (nSPS) is 14.8. The van der Waals surface area contributed by atoms with E-state index in [0.717, 1.165) is 6.42 Å². The van der Waals surface area contributed by atoms with Crippen LogP contribution >= 0.6 is 0 Å². The molecular weight excluding hydrogens is 368 g/mol. The van der Waals surface area contributed by atoms with Crippen LogP contribution in [0.1, 0.15) is 55.5 Å². The van der Waals surface area contributed by atoms with E-state index < -0.39 is 18.0 Å². The van der Waals surface area contributed by atoms with Gasteiger partial charge in [0.2, 0.25) is 5.91 Å². The van der Waals surface area contributed by atoms with Gasteiger partial charge in [0.05, 0.1) is 5.56 Å². The topological polar surface area (TPSA) is 75.7 Å². The van der Waals surface area contributed by atoms with Gasteiger partial charge in [-0.05, 0) is 55.2 Å². The summed E-state index contributed by atoms with van der Waals surface area (Å²) in [7, 11) is 0. The van der Waals surface area contributed by atoms with E-state index in [4.69, 9.17) is 4.74 Å². The van der Waals surface area contributed by atoms with Crippen LogP contribution in [0.3, 0.4) is 0 Å². The van der Waals surface area contributed by atoms with Crippen molar-refractivity contribution in [3.8, 4) is 0 Å². The fourth-order valence-electron chi connectivity index (χ4n) is 3.20. The average Bonchev–Trinajstić information content (AvgIpc) is 3.14. The number of nitrogens with one attached hydrogen (secondary N) is 1. The van der Waals surface area contributed by atoms with Crippen molar-refractivity contribution in [1.82, 2.24) is 0 Å². The molecule has 6 nitrogen and oxygen atoms in total. The summed E-state index contributed by atoms with van der Waals surface area (Å²) >= 11 is 0. The van der Waals surface area contributed by atoms with E-state index in [1.165, 1.54) is 12.5 Å². The van der Waals surface area contributed by atoms with E-state index in [1.54, 1.807) is 29.2 Å². The van der Waals surface area contributed by atoms with Crippen molar-refractivity contribution in [2.45, 2.75) is 45.6 Å². The molecule has 2 amide bonds. The molecule has 0 unspecified atom stereocenters. The van der Waals surface area contributed by atoms with Crippen molar-refractivity contribution in [3.05, 3.63) is 59.7 Å². The molecule has 152 valence electrons. The Morgan fingerprint density at radius 1 is 1.07 bits per heavy atom. The van der Waals surface area contributed by atoms with Gasteiger partial charge in [0, 0.05) is 24.3 Å². The quantitative estimate of drug-likeness (QED) is 0.748. The molecule has 0 bridgehead atoms. The van der Waals surface area contributed by atoms with E-state index >= 15 is 0 Å². The lowest BCUT2D eigenvalue weighted by Gasteiger charge is -2.17. The number of ether oxygens (including phenoxy) is 1. The van der Waals surface area contributed by atoms with Crippen LogP contribution in [0, 0.1) is 0 Å². The molecule has 0 spiro atoms. The highest BCUT2D eigenvalue weighted by atomic mass is 16.5. The maximum Gasteiger partial charge on any atom is 0.338 e. The van der Waals surface area contributed by atoms with E-state index in [1.807, 2.05) is 24.3 Å². The van der Waals surface area contributed by atoms with Crippen molar-refractivity contribution >= 4 is 29.2 Å². The Balaban J connectivity index is 1.61. The van der Waals surface area contributed by atoms with Crippen LogP contribution < -0.4 is 10.2 Å². The molecule has 0 radical (unpaired) electrons. The summed E-state index contributed by atoms with van der Waals surface area (Å²) in [5.41, 5.74) is 2.81. The highest BCUT2D eigenvalue weighted by molar-refractivity contribution is 5.99. The monoisotopic (exact) mass is 394 g/mol. The molecule has 6 heteroatoms. The minimum Gasteiger partial charge on any atom is -0.449 e. The zero-order valence-electron chi connectivity index (χ0n) is 17.0. The Labute approximate surface area is 170 Å². The fourth-order valence-corrected chi connectivity index (χ4v) is 3.20. The second-order valence-electron chi connectivity index (χ2n) is 7.51. The molecule has 3 rings (SSSR count). The molecule has 29 heavy (non-hydrogen) atoms. The van der Waals surface area contributed by atoms with Crippen LogP contribution in [0.2, 0.25) is 0 Å². The molecule has 1 N–H and O–H groups in total. The van der Waals surface area contributed by atoms with Gasteiger partial charge >= 0.3 is 5.97 Å². The predicted molar refractivity (Wildman–Crippen MR) is 112 cm³/mol. The van der Waals surface area contributed by atoms with Gasteiger partial charge in [-0.25, -0.2) is 4.79 Å². The van der Waals surface area contributed by atoms with E-state index in [2.05, 4.69) is 19.2 Å². The Morgan fingerprint density at radius 2 is 1.79 bits per heavy atom. The summed E-state index contributed by atoms with van der Waals surface area (Å²) in [6.07, 6.45) is 0.372. The highest BCUT2D eigenvalue weighted by Crippen LogP contribution is 2.23. The lowest BCUT2D eigenvalue weighted by Crippen LogP contribution is -2.30. The smallest absolute Gasteiger partial charge is 0.338 e. The Kier molecular flexibility index (Phi) is 6.32. The molecule has 1 aliphatic rings. The number of carbonyl (C=O) groups excluding carboxylic acids is 3. The number of rotatable bonds is 6. The summed E-state index contributed by atoms with van der Waals surface area (Å²) in [6.45, 7) is 6.38. The predicted octanol–water partition coefficient (Wildman–Crippen LogP) is 4.12. The van der Waals surface area contributed by atoms with Crippen molar-refractivity contribution in [1.29, 1.82) is 0 Å². The van der Waals surface area contributed by atoms with Crippen molar-refractivity contribution < 1.29 is 19.1 Å². The number of hydrogen-bond donors (Lipinski definition) is 1. The number of anilines is 2. The first-order valence-corrected chi connectivity index (χ1v) is 9.87. The maximum absolute atomic E-state index is 12.5. The lowest BCUT2D eigenvalue weighted by atomic mass is 10.0. The van der Waals surface area contributed by atoms with Gasteiger partial charge in [-0.3, -0.25) is 9.59 Å². The second-order valence-corrected chi connectivity index (χ2v) is 7.51. The van der Waals surface area contributed by atoms with Gasteiger partial charge in [0.25, 0.3) is 5.91 Å². The van der Waals surface area contributed by atoms with Crippen LogP contribution in [0.5, 0.6) is 0 Å². The zero-order valence-corrected chi connectivity index (χ0v) is 17.0. The van der Waals surface area contributed by atoms with Crippen LogP contribution in [0.4, 0.5) is 11.4 Å². The minimum atomic E-state index is -0.954. The third-order valence-electron chi connectivity index (χ3n) is 4.96. The first-order chi connectivity index (χ1) is 13.8. The molecule has 0 saturated carbocycles. The molecular formula is C23H26N2O4. The third kappa shape index (κ3) is 5.02. The number of hydrogen-bond acceptors (Lipinski definition) is 4. The molecule has 0 aliphatic carbocycles. The van der Waals surface area contributed by atoms with Crippen LogP contribution in [0.25, 0.3) is 0 Å². The van der Waals surface area contributed by atoms with Gasteiger partial charge in [-0.15, -0.1) is 0 Å². The molecule has 2 aromatic rings. The molecule has 1 saturated heterocycles. The zero-order chi connectivity index (χ0) is 21.0. The highest BCUT2D eigenvalue weighted by Gasteiger charge is 2.24. The number of esters is 1. The summed E-state index contributed by atoms with van der Waals surface area (Å²) in [5, 5.41) is 2.76. The van der Waals surface area contributed by atoms with Gasteiger partial charge in [-0.2, -0.15) is 0 Å². The molecule has 1 heterocycles. The third-order valence-corrected chi connectivity index (χ3v) is 4.96. The number of amides is 2. The van der Waals surface area contributed by atoms with Crippen LogP contribution in [0.15, 0.2) is 48.5 Å². The van der Waals surface area contributed by atoms with Crippen molar-refractivity contribution in [3.63, 3.8) is 0 Å². The minimum absolute atomic E-state index is 0.0479. The first-order valence-electron chi connectivity index (χ1n) is 9.87. The molecule has 2 aromatic carbocycles. The van der Waals surface area contributed by atoms with Crippen LogP contribution in [-0.2, 0) is 14.3 Å². The van der Waals surface area contributed by atoms with E-state index in [0.29, 0.717) is 35.8 Å². The fraction of sp³-hybridized carbons (Fsp3) is 0.348. The van der Waals surface area contributed by atoms with Gasteiger partial charge in [0.15, 0.2) is 6.10 Å². The van der Waals surface area contributed by atoms with Crippen LogP contribution in [-0.4, -0.2) is 30.4 Å². The average molecular weight is 394 g/mol. The first kappa shape index (κ1) is 20.6. The van der Waals surface area contributed by atoms with E-state index in [-0.39, 0.29) is 5.91 Å². The largest absolute Gasteiger partial charge is 0.449 e. The number of carbonyl (C=O) groups is 3. The molecule has 1 atom stereocenters. The standard InChI is InChI=1S/C23H26N2O4/c1-15(2)17-9-11-19(12-10-17)24-22(27)16(3)29-23(28)18-6-4-7-20(14-18)25-13-5-8-21(25)26/h4,6-7,9-12,14-16H,5,8,13H2,1-3H3,(H,24,27)/t16-/m1/s1. The maximum atomic E-state index is 12.5. The van der Waals surface area contributed by atoms with Crippen molar-refractivity contribution in [2.24, 2.45) is 0 Å². The lowest BCUT2D eigenvalue weighted by molar-refractivity contribution is -0.123. The summed E-state index contributed by atoms with van der Waals surface area (Å²) in [6, 6.07) is 14.3. The molecule has 1 aliphatic heterocycles. The Hall–Kier alpha value is -3.15. The second kappa shape index (κ2) is 8.90. The van der Waals surface area contributed by atoms with E-state index in [9.17, 15) is 14.4 Å². The molecule has 0 aromatic heterocycles. The SMILES string of the molecule is CC(C)c1ccc(NC(=O)[C@@H](C)OC(=O)c2cccc(N3CCCC3=O)c2)cc1. The molecule has 1 fully saturated rings. The summed E-state index contributed by atoms with van der Waals surface area (Å²) in [4.78, 5) is 38.4. The number of nitrogens with zero attached hydrogens (tertiary/aromatic N) is 1. The van der Waals surface area contributed by atoms with Gasteiger partial charge < -0.3 is 15.0 Å². The summed E-state index contributed by atoms with van der Waals surface area (Å²) < 4.78 is 5.32. The Bertz CT molecular complexity index is 905.